The molecule has 0 spiro atoms. The van der Waals surface area contributed by atoms with Gasteiger partial charge in [0, 0.05) is 18.7 Å². The zero-order valence-electron chi connectivity index (χ0n) is 14.1. The number of aromatic nitrogens is 2. The molecule has 0 aliphatic carbocycles. The Kier molecular flexibility index (Phi) is 4.01. The summed E-state index contributed by atoms with van der Waals surface area (Å²) in [6, 6.07) is 17.5. The number of hydrogen-bond acceptors (Lipinski definition) is 3. The van der Waals surface area contributed by atoms with Crippen molar-refractivity contribution < 1.29 is 9.59 Å². The molecule has 0 fully saturated rings. The van der Waals surface area contributed by atoms with Crippen LogP contribution >= 0.6 is 0 Å². The van der Waals surface area contributed by atoms with Crippen LogP contribution in [0.5, 0.6) is 0 Å². The third-order valence-electron chi connectivity index (χ3n) is 4.65. The van der Waals surface area contributed by atoms with Crippen LogP contribution in [0.1, 0.15) is 26.7 Å². The Morgan fingerprint density at radius 3 is 2.46 bits per heavy atom. The lowest BCUT2D eigenvalue weighted by Gasteiger charge is -2.29. The van der Waals surface area contributed by atoms with Gasteiger partial charge in [-0.15, -0.1) is 0 Å². The highest BCUT2D eigenvalue weighted by molar-refractivity contribution is 6.01. The number of nitrogens with zero attached hydrogens (tertiary/aromatic N) is 3. The lowest BCUT2D eigenvalue weighted by atomic mass is 9.98. The Labute approximate surface area is 150 Å². The van der Waals surface area contributed by atoms with Crippen molar-refractivity contribution >= 4 is 11.8 Å². The number of rotatable bonds is 3. The second kappa shape index (κ2) is 6.48. The first-order valence-electron chi connectivity index (χ1n) is 8.43. The van der Waals surface area contributed by atoms with E-state index in [1.54, 1.807) is 9.47 Å². The molecule has 1 aliphatic heterocycles. The van der Waals surface area contributed by atoms with Crippen molar-refractivity contribution in [3.63, 3.8) is 0 Å². The molecule has 4 rings (SSSR count). The van der Waals surface area contributed by atoms with Crippen LogP contribution < -0.4 is 5.73 Å². The quantitative estimate of drug-likeness (QED) is 0.790. The number of carbonyl (C=O) groups excluding carboxylic acids is 2. The van der Waals surface area contributed by atoms with Crippen LogP contribution in [0.15, 0.2) is 60.8 Å². The molecule has 2 N–H and O–H groups in total. The van der Waals surface area contributed by atoms with Gasteiger partial charge >= 0.3 is 0 Å². The molecule has 6 heteroatoms. The van der Waals surface area contributed by atoms with Gasteiger partial charge in [0.25, 0.3) is 11.8 Å². The van der Waals surface area contributed by atoms with Crippen LogP contribution in [0.4, 0.5) is 0 Å². The van der Waals surface area contributed by atoms with Crippen molar-refractivity contribution in [2.24, 2.45) is 5.73 Å². The molecular formula is C20H18N4O2. The first-order valence-corrected chi connectivity index (χ1v) is 8.43. The van der Waals surface area contributed by atoms with Crippen molar-refractivity contribution in [2.45, 2.75) is 13.1 Å². The Balaban J connectivity index is 1.64. The van der Waals surface area contributed by atoms with Crippen molar-refractivity contribution in [1.29, 1.82) is 0 Å². The van der Waals surface area contributed by atoms with Gasteiger partial charge in [-0.05, 0) is 17.2 Å². The van der Waals surface area contributed by atoms with Gasteiger partial charge in [0.2, 0.25) is 0 Å². The Hall–Kier alpha value is -3.41. The number of benzene rings is 2. The monoisotopic (exact) mass is 346 g/mol. The predicted molar refractivity (Wildman–Crippen MR) is 97.4 cm³/mol. The standard InChI is InChI=1S/C20H18N4O2/c21-19(25)17-12-22-18-13-23(10-11-24(17)18)20(26)16-9-5-4-8-15(16)14-6-2-1-3-7-14/h1-9,12H,10-11,13H2,(H2,21,25). The summed E-state index contributed by atoms with van der Waals surface area (Å²) in [6.07, 6.45) is 1.48. The summed E-state index contributed by atoms with van der Waals surface area (Å²) in [5, 5.41) is 0. The lowest BCUT2D eigenvalue weighted by molar-refractivity contribution is 0.0707. The van der Waals surface area contributed by atoms with Crippen molar-refractivity contribution in [2.75, 3.05) is 6.54 Å². The number of carbonyl (C=O) groups is 2. The molecule has 0 radical (unpaired) electrons. The zero-order chi connectivity index (χ0) is 18.1. The highest BCUT2D eigenvalue weighted by Gasteiger charge is 2.26. The summed E-state index contributed by atoms with van der Waals surface area (Å²) < 4.78 is 1.79. The van der Waals surface area contributed by atoms with E-state index in [1.165, 1.54) is 6.20 Å². The number of nitrogens with two attached hydrogens (primary N) is 1. The summed E-state index contributed by atoms with van der Waals surface area (Å²) in [4.78, 5) is 30.6. The molecule has 1 aromatic heterocycles. The van der Waals surface area contributed by atoms with Crippen molar-refractivity contribution in [1.82, 2.24) is 14.5 Å². The van der Waals surface area contributed by atoms with Crippen LogP contribution in [0.25, 0.3) is 11.1 Å². The number of primary amides is 1. The smallest absolute Gasteiger partial charge is 0.266 e. The molecule has 130 valence electrons. The van der Waals surface area contributed by atoms with Gasteiger partial charge in [-0.2, -0.15) is 0 Å². The van der Waals surface area contributed by atoms with Gasteiger partial charge in [0.1, 0.15) is 11.5 Å². The van der Waals surface area contributed by atoms with Crippen LogP contribution in [0.3, 0.4) is 0 Å². The SMILES string of the molecule is NC(=O)c1cnc2n1CCN(C(=O)c1ccccc1-c1ccccc1)C2. The van der Waals surface area contributed by atoms with E-state index in [0.717, 1.165) is 11.1 Å². The maximum absolute atomic E-state index is 13.1. The minimum absolute atomic E-state index is 0.0423. The first kappa shape index (κ1) is 16.1. The topological polar surface area (TPSA) is 81.2 Å². The van der Waals surface area contributed by atoms with E-state index in [2.05, 4.69) is 4.98 Å². The van der Waals surface area contributed by atoms with Crippen LogP contribution in [-0.2, 0) is 13.1 Å². The lowest BCUT2D eigenvalue weighted by Crippen LogP contribution is -2.39. The number of fused-ring (bicyclic) bond motifs is 1. The molecule has 0 bridgehead atoms. The maximum atomic E-state index is 13.1. The Bertz CT molecular complexity index is 978. The van der Waals surface area contributed by atoms with Crippen molar-refractivity contribution in [3.8, 4) is 11.1 Å². The van der Waals surface area contributed by atoms with E-state index in [1.807, 2.05) is 54.6 Å². The third-order valence-corrected chi connectivity index (χ3v) is 4.65. The fourth-order valence-corrected chi connectivity index (χ4v) is 3.34. The molecule has 2 amide bonds. The molecule has 1 aliphatic rings. The largest absolute Gasteiger partial charge is 0.364 e. The van der Waals surface area contributed by atoms with E-state index in [-0.39, 0.29) is 5.91 Å². The number of hydrogen-bond donors (Lipinski definition) is 1. The predicted octanol–water partition coefficient (Wildman–Crippen LogP) is 2.30. The molecular weight excluding hydrogens is 328 g/mol. The van der Waals surface area contributed by atoms with E-state index < -0.39 is 5.91 Å². The maximum Gasteiger partial charge on any atom is 0.266 e. The number of imidazole rings is 1. The fraction of sp³-hybridized carbons (Fsp3) is 0.150. The molecule has 2 heterocycles. The highest BCUT2D eigenvalue weighted by atomic mass is 16.2. The van der Waals surface area contributed by atoms with Crippen LogP contribution in [0.2, 0.25) is 0 Å². The average Bonchev–Trinajstić information content (AvgIpc) is 3.11. The molecule has 2 aromatic carbocycles. The fourth-order valence-electron chi connectivity index (χ4n) is 3.34. The van der Waals surface area contributed by atoms with Gasteiger partial charge in [-0.3, -0.25) is 9.59 Å². The van der Waals surface area contributed by atoms with Crippen LogP contribution in [-0.4, -0.2) is 32.8 Å². The Morgan fingerprint density at radius 1 is 0.962 bits per heavy atom. The molecule has 0 saturated heterocycles. The van der Waals surface area contributed by atoms with Gasteiger partial charge in [0.15, 0.2) is 0 Å². The van der Waals surface area contributed by atoms with E-state index >= 15 is 0 Å². The Morgan fingerprint density at radius 2 is 1.69 bits per heavy atom. The van der Waals surface area contributed by atoms with E-state index in [0.29, 0.717) is 36.7 Å². The summed E-state index contributed by atoms with van der Waals surface area (Å²) in [6.45, 7) is 1.37. The number of amides is 2. The molecule has 0 saturated carbocycles. The second-order valence-corrected chi connectivity index (χ2v) is 6.21. The molecule has 3 aromatic rings. The summed E-state index contributed by atoms with van der Waals surface area (Å²) >= 11 is 0. The van der Waals surface area contributed by atoms with Gasteiger partial charge in [-0.25, -0.2) is 4.98 Å². The average molecular weight is 346 g/mol. The third kappa shape index (κ3) is 2.75. The first-order chi connectivity index (χ1) is 12.6. The normalized spacial score (nSPS) is 13.3. The molecule has 0 unspecified atom stereocenters. The second-order valence-electron chi connectivity index (χ2n) is 6.21. The van der Waals surface area contributed by atoms with Crippen LogP contribution in [0, 0.1) is 0 Å². The summed E-state index contributed by atoms with van der Waals surface area (Å²) in [5.74, 6) is 0.132. The molecule has 26 heavy (non-hydrogen) atoms. The van der Waals surface area contributed by atoms with Crippen molar-refractivity contribution in [3.05, 3.63) is 77.9 Å². The minimum Gasteiger partial charge on any atom is -0.364 e. The summed E-state index contributed by atoms with van der Waals surface area (Å²) in [7, 11) is 0. The molecule has 0 atom stereocenters. The van der Waals surface area contributed by atoms with E-state index in [9.17, 15) is 9.59 Å². The minimum atomic E-state index is -0.502. The zero-order valence-corrected chi connectivity index (χ0v) is 14.1. The molecule has 6 nitrogen and oxygen atoms in total. The van der Waals surface area contributed by atoms with Gasteiger partial charge < -0.3 is 15.2 Å². The van der Waals surface area contributed by atoms with E-state index in [4.69, 9.17) is 5.73 Å². The van der Waals surface area contributed by atoms with Gasteiger partial charge in [-0.1, -0.05) is 48.5 Å². The summed E-state index contributed by atoms with van der Waals surface area (Å²) in [5.41, 5.74) is 8.33. The van der Waals surface area contributed by atoms with Gasteiger partial charge in [0.05, 0.1) is 12.7 Å². The highest BCUT2D eigenvalue weighted by Crippen LogP contribution is 2.26.